The van der Waals surface area contributed by atoms with E-state index < -0.39 is 10.0 Å². The van der Waals surface area contributed by atoms with Crippen LogP contribution in [0.5, 0.6) is 0 Å². The van der Waals surface area contributed by atoms with Crippen molar-refractivity contribution in [3.8, 4) is 0 Å². The molecule has 0 atom stereocenters. The Balaban J connectivity index is 1.99. The summed E-state index contributed by atoms with van der Waals surface area (Å²) in [6.07, 6.45) is 0.503. The van der Waals surface area contributed by atoms with E-state index in [9.17, 15) is 13.2 Å². The molecule has 0 aliphatic rings. The first-order chi connectivity index (χ1) is 12.9. The van der Waals surface area contributed by atoms with Gasteiger partial charge in [0.2, 0.25) is 10.0 Å². The summed E-state index contributed by atoms with van der Waals surface area (Å²) in [4.78, 5) is 12.4. The number of aromatic amines is 1. The molecule has 1 amide bonds. The van der Waals surface area contributed by atoms with E-state index in [-0.39, 0.29) is 29.5 Å². The quantitative estimate of drug-likeness (QED) is 0.393. The van der Waals surface area contributed by atoms with E-state index in [0.717, 1.165) is 5.82 Å². The summed E-state index contributed by atoms with van der Waals surface area (Å²) in [5.41, 5.74) is 0.263. The van der Waals surface area contributed by atoms with Crippen molar-refractivity contribution in [3.05, 3.63) is 40.4 Å². The molecule has 9 nitrogen and oxygen atoms in total. The minimum absolute atomic E-state index is 0.0260. The number of nitrogens with one attached hydrogen (secondary N) is 3. The monoisotopic (exact) mass is 413 g/mol. The molecule has 3 N–H and O–H groups in total. The molecule has 1 aromatic carbocycles. The number of nitrogens with zero attached hydrogens (tertiary/aromatic N) is 2. The summed E-state index contributed by atoms with van der Waals surface area (Å²) in [5.74, 6) is 0.391. The van der Waals surface area contributed by atoms with Gasteiger partial charge in [-0.15, -0.1) is 0 Å². The van der Waals surface area contributed by atoms with E-state index in [1.165, 1.54) is 25.3 Å². The first kappa shape index (κ1) is 21.2. The summed E-state index contributed by atoms with van der Waals surface area (Å²) >= 11 is 5.12. The summed E-state index contributed by atoms with van der Waals surface area (Å²) in [5, 5.41) is 9.62. The maximum atomic E-state index is 12.3. The Morgan fingerprint density at radius 2 is 2.15 bits per heavy atom. The molecule has 0 saturated carbocycles. The molecular formula is C16H23N5O4S2. The second kappa shape index (κ2) is 9.74. The normalized spacial score (nSPS) is 11.5. The molecule has 1 heterocycles. The number of sulfonamides is 1. The van der Waals surface area contributed by atoms with Crippen LogP contribution in [0.2, 0.25) is 0 Å². The Bertz CT molecular complexity index is 936. The summed E-state index contributed by atoms with van der Waals surface area (Å²) in [6.45, 7) is 3.41. The van der Waals surface area contributed by atoms with Gasteiger partial charge in [0.15, 0.2) is 4.77 Å². The van der Waals surface area contributed by atoms with Crippen molar-refractivity contribution in [1.82, 2.24) is 24.8 Å². The summed E-state index contributed by atoms with van der Waals surface area (Å²) < 4.78 is 34.1. The van der Waals surface area contributed by atoms with Gasteiger partial charge in [-0.05, 0) is 37.3 Å². The highest BCUT2D eigenvalue weighted by Crippen LogP contribution is 2.11. The molecule has 2 rings (SSSR count). The number of carbonyl (C=O) groups is 1. The molecule has 0 fully saturated rings. The molecule has 0 aliphatic carbocycles. The molecule has 0 saturated heterocycles. The fourth-order valence-electron chi connectivity index (χ4n) is 2.42. The van der Waals surface area contributed by atoms with Gasteiger partial charge in [-0.2, -0.15) is 5.10 Å². The van der Waals surface area contributed by atoms with Gasteiger partial charge < -0.3 is 14.6 Å². The topological polar surface area (TPSA) is 118 Å². The first-order valence-electron chi connectivity index (χ1n) is 8.40. The standard InChI is InChI=1S/C16H23N5O4S2/c1-3-21-14(19-20-16(21)26)7-8-17-15(22)12-5-4-6-13(11-12)27(23,24)18-9-10-25-2/h4-6,11,18H,3,7-10H2,1-2H3,(H,17,22)(H,20,26). The Morgan fingerprint density at radius 3 is 2.85 bits per heavy atom. The van der Waals surface area contributed by atoms with Crippen molar-refractivity contribution >= 4 is 28.1 Å². The van der Waals surface area contributed by atoms with E-state index >= 15 is 0 Å². The average molecular weight is 414 g/mol. The molecule has 148 valence electrons. The number of aromatic nitrogens is 3. The lowest BCUT2D eigenvalue weighted by molar-refractivity contribution is 0.0953. The van der Waals surface area contributed by atoms with Gasteiger partial charge in [-0.3, -0.25) is 9.89 Å². The molecule has 0 spiro atoms. The van der Waals surface area contributed by atoms with Gasteiger partial charge in [0.25, 0.3) is 5.91 Å². The van der Waals surface area contributed by atoms with Gasteiger partial charge >= 0.3 is 0 Å². The van der Waals surface area contributed by atoms with Crippen LogP contribution in [-0.2, 0) is 27.7 Å². The third-order valence-corrected chi connectivity index (χ3v) is 5.56. The number of hydrogen-bond acceptors (Lipinski definition) is 6. The van der Waals surface area contributed by atoms with Crippen molar-refractivity contribution in [2.45, 2.75) is 24.8 Å². The lowest BCUT2D eigenvalue weighted by Crippen LogP contribution is -2.28. The van der Waals surface area contributed by atoms with Gasteiger partial charge in [0.1, 0.15) is 5.82 Å². The van der Waals surface area contributed by atoms with Gasteiger partial charge in [-0.1, -0.05) is 6.07 Å². The highest BCUT2D eigenvalue weighted by atomic mass is 32.2. The number of amides is 1. The van der Waals surface area contributed by atoms with Crippen LogP contribution < -0.4 is 10.0 Å². The number of methoxy groups -OCH3 is 1. The van der Waals surface area contributed by atoms with E-state index in [1.807, 2.05) is 11.5 Å². The van der Waals surface area contributed by atoms with Crippen LogP contribution in [0.15, 0.2) is 29.2 Å². The third-order valence-electron chi connectivity index (χ3n) is 3.79. The molecular weight excluding hydrogens is 390 g/mol. The summed E-state index contributed by atoms with van der Waals surface area (Å²) in [6, 6.07) is 5.87. The molecule has 0 unspecified atom stereocenters. The second-order valence-corrected chi connectivity index (χ2v) is 7.77. The van der Waals surface area contributed by atoms with Gasteiger partial charge in [0, 0.05) is 38.7 Å². The highest BCUT2D eigenvalue weighted by molar-refractivity contribution is 7.89. The number of hydrogen-bond donors (Lipinski definition) is 3. The predicted octanol–water partition coefficient (Wildman–Crippen LogP) is 0.858. The zero-order valence-electron chi connectivity index (χ0n) is 15.2. The SMILES string of the molecule is CCn1c(CCNC(=O)c2cccc(S(=O)(=O)NCCOC)c2)n[nH]c1=S. The molecule has 27 heavy (non-hydrogen) atoms. The molecule has 2 aromatic rings. The number of ether oxygens (including phenoxy) is 1. The largest absolute Gasteiger partial charge is 0.383 e. The van der Waals surface area contributed by atoms with E-state index in [4.69, 9.17) is 17.0 Å². The van der Waals surface area contributed by atoms with Crippen LogP contribution in [0.3, 0.4) is 0 Å². The molecule has 11 heteroatoms. The van der Waals surface area contributed by atoms with Crippen molar-refractivity contribution in [2.24, 2.45) is 0 Å². The Hall–Kier alpha value is -2.08. The smallest absolute Gasteiger partial charge is 0.251 e. The van der Waals surface area contributed by atoms with E-state index in [2.05, 4.69) is 20.2 Å². The number of carbonyl (C=O) groups excluding carboxylic acids is 1. The van der Waals surface area contributed by atoms with Crippen LogP contribution in [0.25, 0.3) is 0 Å². The van der Waals surface area contributed by atoms with Crippen molar-refractivity contribution in [3.63, 3.8) is 0 Å². The lowest BCUT2D eigenvalue weighted by Gasteiger charge is -2.09. The van der Waals surface area contributed by atoms with Gasteiger partial charge in [-0.25, -0.2) is 13.1 Å². The Morgan fingerprint density at radius 1 is 1.37 bits per heavy atom. The lowest BCUT2D eigenvalue weighted by atomic mass is 10.2. The predicted molar refractivity (Wildman–Crippen MR) is 103 cm³/mol. The number of benzene rings is 1. The molecule has 0 bridgehead atoms. The maximum absolute atomic E-state index is 12.3. The molecule has 0 radical (unpaired) electrons. The van der Waals surface area contributed by atoms with Crippen molar-refractivity contribution in [2.75, 3.05) is 26.8 Å². The fourth-order valence-corrected chi connectivity index (χ4v) is 3.76. The second-order valence-electron chi connectivity index (χ2n) is 5.61. The molecule has 1 aromatic heterocycles. The van der Waals surface area contributed by atoms with Crippen LogP contribution in [0.1, 0.15) is 23.1 Å². The highest BCUT2D eigenvalue weighted by Gasteiger charge is 2.16. The first-order valence-corrected chi connectivity index (χ1v) is 10.3. The Labute approximate surface area is 163 Å². The van der Waals surface area contributed by atoms with Crippen LogP contribution in [0.4, 0.5) is 0 Å². The van der Waals surface area contributed by atoms with E-state index in [0.29, 0.717) is 24.3 Å². The number of rotatable bonds is 10. The van der Waals surface area contributed by atoms with Gasteiger partial charge in [0.05, 0.1) is 11.5 Å². The number of H-pyrrole nitrogens is 1. The average Bonchev–Trinajstić information content (AvgIpc) is 3.01. The van der Waals surface area contributed by atoms with Crippen LogP contribution >= 0.6 is 12.2 Å². The zero-order chi connectivity index (χ0) is 19.9. The minimum atomic E-state index is -3.70. The maximum Gasteiger partial charge on any atom is 0.251 e. The van der Waals surface area contributed by atoms with Crippen LogP contribution in [0, 0.1) is 4.77 Å². The third kappa shape index (κ3) is 5.70. The Kier molecular flexibility index (Phi) is 7.66. The minimum Gasteiger partial charge on any atom is -0.383 e. The molecule has 0 aliphatic heterocycles. The fraction of sp³-hybridized carbons (Fsp3) is 0.438. The summed E-state index contributed by atoms with van der Waals surface area (Å²) in [7, 11) is -2.21. The van der Waals surface area contributed by atoms with E-state index in [1.54, 1.807) is 6.07 Å². The van der Waals surface area contributed by atoms with Crippen molar-refractivity contribution in [1.29, 1.82) is 0 Å². The van der Waals surface area contributed by atoms with Crippen LogP contribution in [-0.4, -0.2) is 55.9 Å². The zero-order valence-corrected chi connectivity index (χ0v) is 16.8. The van der Waals surface area contributed by atoms with Crippen molar-refractivity contribution < 1.29 is 17.9 Å².